The van der Waals surface area contributed by atoms with Crippen LogP contribution in [0, 0.1) is 5.92 Å². The largest absolute Gasteiger partial charge is 0.505 e. The highest BCUT2D eigenvalue weighted by Gasteiger charge is 2.34. The summed E-state index contributed by atoms with van der Waals surface area (Å²) in [5.74, 6) is -2.20. The molecule has 2 amide bonds. The first-order chi connectivity index (χ1) is 16.1. The van der Waals surface area contributed by atoms with Gasteiger partial charge < -0.3 is 24.0 Å². The summed E-state index contributed by atoms with van der Waals surface area (Å²) in [7, 11) is 3.28. The Hall–Kier alpha value is -3.33. The number of halogens is 2. The van der Waals surface area contributed by atoms with Gasteiger partial charge in [0.1, 0.15) is 11.2 Å². The molecule has 4 rings (SSSR count). The van der Waals surface area contributed by atoms with Crippen LogP contribution in [0.25, 0.3) is 10.9 Å². The molecule has 1 unspecified atom stereocenters. The van der Waals surface area contributed by atoms with Crippen LogP contribution in [0.15, 0.2) is 46.2 Å². The van der Waals surface area contributed by atoms with Crippen LogP contribution in [-0.4, -0.2) is 63.0 Å². The number of hydrogen-bond acceptors (Lipinski definition) is 4. The number of carbonyl (C=O) groups excluding carboxylic acids is 2. The van der Waals surface area contributed by atoms with E-state index in [1.54, 1.807) is 29.6 Å². The standard InChI is InChI=1S/C24H26ClFN4O4/c1-4-8-27(2)22(32)15-13-29(12-14-6-5-7-17(26)16(25)11-14)23(33)18-19(15)30-10-9-28(3)24(34)20(30)21(18)31/h5-7,11,13-14,31H,4,8-10,12H2,1-3H3. The van der Waals surface area contributed by atoms with E-state index in [1.807, 2.05) is 6.92 Å². The average Bonchev–Trinajstić information content (AvgIpc) is 3.00. The molecule has 0 radical (unpaired) electrons. The summed E-state index contributed by atoms with van der Waals surface area (Å²) in [5, 5.41) is 10.8. The second kappa shape index (κ2) is 9.13. The number of rotatable bonds is 5. The molecule has 10 heteroatoms. The number of carbonyl (C=O) groups is 2. The molecule has 3 heterocycles. The van der Waals surface area contributed by atoms with Gasteiger partial charge in [0.05, 0.1) is 16.1 Å². The highest BCUT2D eigenvalue weighted by atomic mass is 35.5. The molecule has 0 bridgehead atoms. The van der Waals surface area contributed by atoms with Crippen molar-refractivity contribution in [2.75, 3.05) is 27.2 Å². The maximum absolute atomic E-state index is 13.8. The smallest absolute Gasteiger partial charge is 0.274 e. The van der Waals surface area contributed by atoms with E-state index in [0.29, 0.717) is 19.6 Å². The number of likely N-dealkylation sites (N-methyl/N-ethyl adjacent to an activating group) is 1. The van der Waals surface area contributed by atoms with Gasteiger partial charge in [0.25, 0.3) is 17.4 Å². The van der Waals surface area contributed by atoms with Crippen molar-refractivity contribution in [3.63, 3.8) is 0 Å². The van der Waals surface area contributed by atoms with E-state index >= 15 is 0 Å². The minimum atomic E-state index is -0.583. The Bertz CT molecular complexity index is 1340. The molecule has 0 aromatic carbocycles. The van der Waals surface area contributed by atoms with Gasteiger partial charge >= 0.3 is 0 Å². The molecule has 8 nitrogen and oxygen atoms in total. The van der Waals surface area contributed by atoms with Crippen molar-refractivity contribution in [2.45, 2.75) is 26.4 Å². The minimum absolute atomic E-state index is 0.00521. The van der Waals surface area contributed by atoms with Crippen molar-refractivity contribution in [1.29, 1.82) is 0 Å². The number of hydrogen-bond donors (Lipinski definition) is 1. The normalized spacial score (nSPS) is 18.0. The lowest BCUT2D eigenvalue weighted by Gasteiger charge is -2.25. The summed E-state index contributed by atoms with van der Waals surface area (Å²) >= 11 is 5.99. The lowest BCUT2D eigenvalue weighted by Crippen LogP contribution is -2.37. The van der Waals surface area contributed by atoms with Crippen molar-refractivity contribution < 1.29 is 19.1 Å². The molecule has 0 saturated carbocycles. The SMILES string of the molecule is CCCN(C)C(=O)c1cn(CC2C=CC=C(F)C(Cl)=C2)c(=O)c2c(O)c3n(c12)CCN(C)C3=O. The predicted octanol–water partition coefficient (Wildman–Crippen LogP) is 3.24. The second-order valence-corrected chi connectivity index (χ2v) is 9.01. The van der Waals surface area contributed by atoms with Gasteiger partial charge in [0.15, 0.2) is 11.4 Å². The van der Waals surface area contributed by atoms with Gasteiger partial charge in [-0.3, -0.25) is 14.4 Å². The van der Waals surface area contributed by atoms with Crippen molar-refractivity contribution in [2.24, 2.45) is 5.92 Å². The highest BCUT2D eigenvalue weighted by Crippen LogP contribution is 2.35. The Labute approximate surface area is 200 Å². The van der Waals surface area contributed by atoms with E-state index in [-0.39, 0.29) is 39.6 Å². The van der Waals surface area contributed by atoms with E-state index in [2.05, 4.69) is 0 Å². The van der Waals surface area contributed by atoms with Crippen LogP contribution in [0.4, 0.5) is 4.39 Å². The Balaban J connectivity index is 1.94. The van der Waals surface area contributed by atoms with E-state index in [9.17, 15) is 23.9 Å². The molecule has 2 aliphatic rings. The van der Waals surface area contributed by atoms with Crippen LogP contribution in [0.1, 0.15) is 34.2 Å². The van der Waals surface area contributed by atoms with E-state index in [1.165, 1.54) is 33.9 Å². The first kappa shape index (κ1) is 23.8. The molecule has 1 aliphatic carbocycles. The van der Waals surface area contributed by atoms with E-state index < -0.39 is 29.0 Å². The molecule has 180 valence electrons. The van der Waals surface area contributed by atoms with Crippen molar-refractivity contribution in [3.8, 4) is 5.75 Å². The average molecular weight is 489 g/mol. The fraction of sp³-hybridized carbons (Fsp3) is 0.375. The molecule has 1 atom stereocenters. The summed E-state index contributed by atoms with van der Waals surface area (Å²) in [6.07, 6.45) is 8.12. The van der Waals surface area contributed by atoms with Gasteiger partial charge in [-0.25, -0.2) is 4.39 Å². The van der Waals surface area contributed by atoms with E-state index in [0.717, 1.165) is 6.42 Å². The van der Waals surface area contributed by atoms with Gasteiger partial charge in [0, 0.05) is 52.4 Å². The Morgan fingerprint density at radius 3 is 2.76 bits per heavy atom. The van der Waals surface area contributed by atoms with Crippen LogP contribution in [0.2, 0.25) is 0 Å². The predicted molar refractivity (Wildman–Crippen MR) is 128 cm³/mol. The number of allylic oxidation sites excluding steroid dienone is 6. The molecular weight excluding hydrogens is 463 g/mol. The topological polar surface area (TPSA) is 87.8 Å². The molecule has 2 aromatic rings. The second-order valence-electron chi connectivity index (χ2n) is 8.60. The Kier molecular flexibility index (Phi) is 6.40. The first-order valence-corrected chi connectivity index (χ1v) is 11.4. The van der Waals surface area contributed by atoms with Gasteiger partial charge in [-0.2, -0.15) is 0 Å². The lowest BCUT2D eigenvalue weighted by atomic mass is 10.1. The van der Waals surface area contributed by atoms with E-state index in [4.69, 9.17) is 11.6 Å². The Morgan fingerprint density at radius 1 is 1.32 bits per heavy atom. The van der Waals surface area contributed by atoms with Gasteiger partial charge in [-0.15, -0.1) is 0 Å². The summed E-state index contributed by atoms with van der Waals surface area (Å²) in [4.78, 5) is 42.7. The van der Waals surface area contributed by atoms with Crippen molar-refractivity contribution in [3.05, 3.63) is 63.0 Å². The number of fused-ring (bicyclic) bond motifs is 3. The minimum Gasteiger partial charge on any atom is -0.505 e. The number of nitrogens with zero attached hydrogens (tertiary/aromatic N) is 4. The maximum atomic E-state index is 13.8. The number of aromatic nitrogens is 2. The van der Waals surface area contributed by atoms with Gasteiger partial charge in [-0.1, -0.05) is 36.8 Å². The summed E-state index contributed by atoms with van der Waals surface area (Å²) < 4.78 is 16.7. The van der Waals surface area contributed by atoms with Crippen LogP contribution in [0.3, 0.4) is 0 Å². The van der Waals surface area contributed by atoms with Gasteiger partial charge in [-0.05, 0) is 12.5 Å². The van der Waals surface area contributed by atoms with Crippen LogP contribution in [0.5, 0.6) is 5.75 Å². The molecular formula is C24H26ClFN4O4. The third-order valence-electron chi connectivity index (χ3n) is 6.19. The van der Waals surface area contributed by atoms with Crippen LogP contribution >= 0.6 is 11.6 Å². The summed E-state index contributed by atoms with van der Waals surface area (Å²) in [6.45, 7) is 3.22. The molecule has 0 fully saturated rings. The van der Waals surface area contributed by atoms with Crippen molar-refractivity contribution >= 4 is 34.3 Å². The number of pyridine rings is 1. The summed E-state index contributed by atoms with van der Waals surface area (Å²) in [5.41, 5.74) is -0.0909. The molecule has 0 spiro atoms. The van der Waals surface area contributed by atoms with Crippen LogP contribution in [-0.2, 0) is 13.1 Å². The van der Waals surface area contributed by atoms with Crippen LogP contribution < -0.4 is 5.56 Å². The zero-order valence-electron chi connectivity index (χ0n) is 19.2. The molecule has 0 saturated heterocycles. The number of amides is 2. The monoisotopic (exact) mass is 488 g/mol. The zero-order valence-corrected chi connectivity index (χ0v) is 20.0. The highest BCUT2D eigenvalue weighted by molar-refractivity contribution is 6.31. The summed E-state index contributed by atoms with van der Waals surface area (Å²) in [6, 6.07) is 0. The fourth-order valence-corrected chi connectivity index (χ4v) is 4.67. The molecule has 1 N–H and O–H groups in total. The third kappa shape index (κ3) is 3.94. The molecule has 2 aromatic heterocycles. The molecule has 34 heavy (non-hydrogen) atoms. The third-order valence-corrected chi connectivity index (χ3v) is 6.50. The zero-order chi connectivity index (χ0) is 24.7. The quantitative estimate of drug-likeness (QED) is 0.700. The Morgan fingerprint density at radius 2 is 2.06 bits per heavy atom. The lowest BCUT2D eigenvalue weighted by molar-refractivity contribution is 0.0743. The number of aromatic hydroxyl groups is 1. The molecule has 1 aliphatic heterocycles. The van der Waals surface area contributed by atoms with Crippen molar-refractivity contribution in [1.82, 2.24) is 18.9 Å². The first-order valence-electron chi connectivity index (χ1n) is 11.1. The van der Waals surface area contributed by atoms with Gasteiger partial charge in [0.2, 0.25) is 0 Å². The fourth-order valence-electron chi connectivity index (χ4n) is 4.44. The maximum Gasteiger partial charge on any atom is 0.274 e.